The average Bonchev–Trinajstić information content (AvgIpc) is 3.64. The van der Waals surface area contributed by atoms with Gasteiger partial charge in [0.2, 0.25) is 0 Å². The second-order valence-electron chi connectivity index (χ2n) is 13.8. The Morgan fingerprint density at radius 2 is 1.12 bits per heavy atom. The summed E-state index contributed by atoms with van der Waals surface area (Å²) in [6, 6.07) is 60.8. The van der Waals surface area contributed by atoms with Gasteiger partial charge in [0.15, 0.2) is 0 Å². The molecule has 2 heteroatoms. The number of thiophene rings is 1. The highest BCUT2D eigenvalue weighted by atomic mass is 32.1. The maximum absolute atomic E-state index is 2.48. The summed E-state index contributed by atoms with van der Waals surface area (Å²) in [5.74, 6) is 0. The van der Waals surface area contributed by atoms with Crippen molar-refractivity contribution in [3.05, 3.63) is 175 Å². The molecule has 232 valence electrons. The molecular formula is C47H33NS. The van der Waals surface area contributed by atoms with Crippen molar-refractivity contribution in [2.24, 2.45) is 0 Å². The zero-order chi connectivity index (χ0) is 32.7. The van der Waals surface area contributed by atoms with E-state index < -0.39 is 0 Å². The second kappa shape index (κ2) is 10.7. The molecular weight excluding hydrogens is 611 g/mol. The number of fused-ring (bicyclic) bond motifs is 9. The molecule has 0 spiro atoms. The van der Waals surface area contributed by atoms with Crippen molar-refractivity contribution < 1.29 is 0 Å². The Hall–Kier alpha value is -5.70. The van der Waals surface area contributed by atoms with E-state index in [1.807, 2.05) is 11.3 Å². The van der Waals surface area contributed by atoms with Crippen LogP contribution in [0.25, 0.3) is 64.0 Å². The molecule has 10 rings (SSSR count). The Balaban J connectivity index is 1.24. The van der Waals surface area contributed by atoms with Gasteiger partial charge >= 0.3 is 0 Å². The number of hydrogen-bond donors (Lipinski definition) is 0. The monoisotopic (exact) mass is 643 g/mol. The molecule has 0 saturated heterocycles. The molecule has 1 aliphatic carbocycles. The molecule has 1 heterocycles. The molecule has 0 bridgehead atoms. The first kappa shape index (κ1) is 28.3. The molecule has 0 unspecified atom stereocenters. The predicted molar refractivity (Wildman–Crippen MR) is 212 cm³/mol. The summed E-state index contributed by atoms with van der Waals surface area (Å²) >= 11 is 1.88. The Labute approximate surface area is 290 Å². The molecule has 0 saturated carbocycles. The van der Waals surface area contributed by atoms with Crippen LogP contribution in [0.4, 0.5) is 17.1 Å². The molecule has 0 atom stereocenters. The highest BCUT2D eigenvalue weighted by Crippen LogP contribution is 2.51. The number of nitrogens with zero attached hydrogens (tertiary/aromatic N) is 1. The van der Waals surface area contributed by atoms with Crippen LogP contribution in [-0.4, -0.2) is 0 Å². The zero-order valence-electron chi connectivity index (χ0n) is 27.4. The van der Waals surface area contributed by atoms with E-state index in [1.54, 1.807) is 0 Å². The first-order valence-corrected chi connectivity index (χ1v) is 17.8. The van der Waals surface area contributed by atoms with Gasteiger partial charge < -0.3 is 4.90 Å². The minimum Gasteiger partial charge on any atom is -0.310 e. The minimum absolute atomic E-state index is 0.101. The maximum atomic E-state index is 2.48. The minimum atomic E-state index is -0.101. The maximum Gasteiger partial charge on any atom is 0.0540 e. The van der Waals surface area contributed by atoms with Crippen molar-refractivity contribution in [2.75, 3.05) is 4.90 Å². The van der Waals surface area contributed by atoms with Crippen molar-refractivity contribution in [3.8, 4) is 22.3 Å². The lowest BCUT2D eigenvalue weighted by Gasteiger charge is -2.30. The van der Waals surface area contributed by atoms with Crippen molar-refractivity contribution in [1.82, 2.24) is 0 Å². The Morgan fingerprint density at radius 1 is 0.449 bits per heavy atom. The van der Waals surface area contributed by atoms with Crippen LogP contribution in [0.3, 0.4) is 0 Å². The first-order valence-electron chi connectivity index (χ1n) is 17.0. The molecule has 1 aromatic heterocycles. The summed E-state index contributed by atoms with van der Waals surface area (Å²) in [6.45, 7) is 4.73. The van der Waals surface area contributed by atoms with E-state index in [0.29, 0.717) is 0 Å². The van der Waals surface area contributed by atoms with E-state index in [1.165, 1.54) is 75.1 Å². The fraction of sp³-hybridized carbons (Fsp3) is 0.0638. The van der Waals surface area contributed by atoms with Crippen molar-refractivity contribution in [1.29, 1.82) is 0 Å². The van der Waals surface area contributed by atoms with Crippen LogP contribution in [0.1, 0.15) is 25.0 Å². The van der Waals surface area contributed by atoms with E-state index in [4.69, 9.17) is 0 Å². The van der Waals surface area contributed by atoms with E-state index in [0.717, 1.165) is 17.1 Å². The van der Waals surface area contributed by atoms with Crippen molar-refractivity contribution in [2.45, 2.75) is 19.3 Å². The molecule has 0 aliphatic heterocycles. The normalized spacial score (nSPS) is 13.3. The van der Waals surface area contributed by atoms with Gasteiger partial charge in [-0.25, -0.2) is 0 Å². The number of rotatable bonds is 4. The Kier molecular flexibility index (Phi) is 6.16. The highest BCUT2D eigenvalue weighted by molar-refractivity contribution is 7.26. The molecule has 0 N–H and O–H groups in total. The summed E-state index contributed by atoms with van der Waals surface area (Å²) in [5.41, 5.74) is 11.2. The third-order valence-electron chi connectivity index (χ3n) is 10.6. The molecule has 49 heavy (non-hydrogen) atoms. The van der Waals surface area contributed by atoms with Crippen molar-refractivity contribution in [3.63, 3.8) is 0 Å². The van der Waals surface area contributed by atoms with Gasteiger partial charge in [-0.15, -0.1) is 11.3 Å². The van der Waals surface area contributed by atoms with Gasteiger partial charge in [-0.2, -0.15) is 0 Å². The standard InChI is InChI=1S/C47H33NS/c1-47(2)41-16-8-5-14-37(41)38-25-24-35(29-42(38)47)48(43-17-9-6-13-36(43)33-20-19-30-11-3-4-12-32(30)27-33)34-23-21-31-22-26-45-46(40(31)28-34)39-15-7-10-18-44(39)49-45/h3-29H,1-2H3. The molecule has 1 aliphatic rings. The number of para-hydroxylation sites is 1. The third-order valence-corrected chi connectivity index (χ3v) is 11.8. The van der Waals surface area contributed by atoms with Crippen molar-refractivity contribution >= 4 is 70.1 Å². The van der Waals surface area contributed by atoms with Crippen LogP contribution in [0.5, 0.6) is 0 Å². The summed E-state index contributed by atoms with van der Waals surface area (Å²) in [6.07, 6.45) is 0. The van der Waals surface area contributed by atoms with E-state index in [-0.39, 0.29) is 5.41 Å². The molecule has 1 nitrogen and oxygen atoms in total. The lowest BCUT2D eigenvalue weighted by atomic mass is 9.82. The van der Waals surface area contributed by atoms with Crippen LogP contribution >= 0.6 is 11.3 Å². The summed E-state index contributed by atoms with van der Waals surface area (Å²) < 4.78 is 2.65. The van der Waals surface area contributed by atoms with Gasteiger partial charge in [-0.1, -0.05) is 129 Å². The highest BCUT2D eigenvalue weighted by Gasteiger charge is 2.36. The van der Waals surface area contributed by atoms with Gasteiger partial charge in [-0.05, 0) is 97.9 Å². The quantitative estimate of drug-likeness (QED) is 0.184. The molecule has 0 fully saturated rings. The van der Waals surface area contributed by atoms with Gasteiger partial charge in [0.25, 0.3) is 0 Å². The van der Waals surface area contributed by atoms with Crippen LogP contribution in [0.15, 0.2) is 164 Å². The molecule has 8 aromatic carbocycles. The van der Waals surface area contributed by atoms with E-state index in [2.05, 4.69) is 183 Å². The van der Waals surface area contributed by atoms with Crippen LogP contribution in [0, 0.1) is 0 Å². The Bertz CT molecular complexity index is 2770. The predicted octanol–water partition coefficient (Wildman–Crippen LogP) is 13.8. The van der Waals surface area contributed by atoms with E-state index in [9.17, 15) is 0 Å². The fourth-order valence-electron chi connectivity index (χ4n) is 8.20. The smallest absolute Gasteiger partial charge is 0.0540 e. The number of anilines is 3. The van der Waals surface area contributed by atoms with Gasteiger partial charge in [0.1, 0.15) is 0 Å². The van der Waals surface area contributed by atoms with Gasteiger partial charge in [0.05, 0.1) is 5.69 Å². The summed E-state index contributed by atoms with van der Waals surface area (Å²) in [7, 11) is 0. The topological polar surface area (TPSA) is 3.24 Å². The van der Waals surface area contributed by atoms with Crippen LogP contribution in [0.2, 0.25) is 0 Å². The fourth-order valence-corrected chi connectivity index (χ4v) is 9.32. The molecule has 9 aromatic rings. The number of benzene rings is 8. The van der Waals surface area contributed by atoms with Gasteiger partial charge in [-0.3, -0.25) is 0 Å². The van der Waals surface area contributed by atoms with Crippen LogP contribution in [-0.2, 0) is 5.41 Å². The Morgan fingerprint density at radius 3 is 2.04 bits per heavy atom. The summed E-state index contributed by atoms with van der Waals surface area (Å²) in [4.78, 5) is 2.48. The lowest BCUT2D eigenvalue weighted by molar-refractivity contribution is 0.660. The SMILES string of the molecule is CC1(C)c2ccccc2-c2ccc(N(c3ccc4ccc5sc6ccccc6c5c4c3)c3ccccc3-c3ccc4ccccc4c3)cc21. The first-order chi connectivity index (χ1) is 24.0. The number of hydrogen-bond acceptors (Lipinski definition) is 2. The second-order valence-corrected chi connectivity index (χ2v) is 14.8. The zero-order valence-corrected chi connectivity index (χ0v) is 28.3. The average molecular weight is 644 g/mol. The van der Waals surface area contributed by atoms with E-state index >= 15 is 0 Å². The van der Waals surface area contributed by atoms with Gasteiger partial charge in [0, 0.05) is 42.5 Å². The molecule has 0 amide bonds. The lowest BCUT2D eigenvalue weighted by Crippen LogP contribution is -2.16. The largest absolute Gasteiger partial charge is 0.310 e. The van der Waals surface area contributed by atoms with Crippen LogP contribution < -0.4 is 4.90 Å². The third kappa shape index (κ3) is 4.31. The molecule has 0 radical (unpaired) electrons. The summed E-state index contributed by atoms with van der Waals surface area (Å²) in [5, 5.41) is 7.71.